The maximum Gasteiger partial charge on any atom is 0.358 e. The summed E-state index contributed by atoms with van der Waals surface area (Å²) in [6.45, 7) is 1.46. The standard InChI is InChI=1S/C10H8F2N2O2/c1-5-3-6(9(11)12)7(4-13)8(14-5)10(15)16-2/h3,9H,1-2H3. The predicted molar refractivity (Wildman–Crippen MR) is 50.0 cm³/mol. The summed E-state index contributed by atoms with van der Waals surface area (Å²) in [7, 11) is 1.09. The number of methoxy groups -OCH3 is 1. The fraction of sp³-hybridized carbons (Fsp3) is 0.300. The zero-order valence-electron chi connectivity index (χ0n) is 8.62. The molecule has 0 aliphatic heterocycles. The molecule has 1 aromatic heterocycles. The molecule has 0 saturated carbocycles. The third-order valence-electron chi connectivity index (χ3n) is 1.90. The number of nitrogens with zero attached hydrogens (tertiary/aromatic N) is 2. The molecular weight excluding hydrogens is 218 g/mol. The Morgan fingerprint density at radius 3 is 2.69 bits per heavy atom. The molecule has 0 aliphatic carbocycles. The topological polar surface area (TPSA) is 63.0 Å². The summed E-state index contributed by atoms with van der Waals surface area (Å²) in [5.74, 6) is -0.901. The first-order chi connectivity index (χ1) is 7.51. The van der Waals surface area contributed by atoms with Gasteiger partial charge in [-0.3, -0.25) is 0 Å². The Labute approximate surface area is 90.5 Å². The fourth-order valence-electron chi connectivity index (χ4n) is 1.23. The molecule has 0 N–H and O–H groups in total. The normalized spacial score (nSPS) is 10.0. The summed E-state index contributed by atoms with van der Waals surface area (Å²) in [5, 5.41) is 8.75. The number of ether oxygens (including phenoxy) is 1. The number of hydrogen-bond donors (Lipinski definition) is 0. The molecule has 0 fully saturated rings. The minimum absolute atomic E-state index is 0.231. The molecule has 4 nitrogen and oxygen atoms in total. The zero-order valence-corrected chi connectivity index (χ0v) is 8.62. The number of halogens is 2. The molecule has 1 heterocycles. The first kappa shape index (κ1) is 12.0. The van der Waals surface area contributed by atoms with Crippen LogP contribution >= 0.6 is 0 Å². The molecule has 0 spiro atoms. The van der Waals surface area contributed by atoms with Crippen LogP contribution in [0.5, 0.6) is 0 Å². The molecule has 0 bridgehead atoms. The molecule has 1 rings (SSSR count). The van der Waals surface area contributed by atoms with Crippen LogP contribution in [-0.2, 0) is 4.74 Å². The molecule has 0 aliphatic rings. The van der Waals surface area contributed by atoms with Gasteiger partial charge in [0.25, 0.3) is 6.43 Å². The van der Waals surface area contributed by atoms with Crippen LogP contribution in [0.2, 0.25) is 0 Å². The van der Waals surface area contributed by atoms with Gasteiger partial charge < -0.3 is 4.74 Å². The predicted octanol–water partition coefficient (Wildman–Crippen LogP) is 1.99. The van der Waals surface area contributed by atoms with Gasteiger partial charge in [-0.1, -0.05) is 0 Å². The number of hydrogen-bond acceptors (Lipinski definition) is 4. The summed E-state index contributed by atoms with van der Waals surface area (Å²) in [6.07, 6.45) is -2.83. The van der Waals surface area contributed by atoms with Gasteiger partial charge in [0.15, 0.2) is 5.69 Å². The summed E-state index contributed by atoms with van der Waals surface area (Å²) in [6, 6.07) is 2.62. The Hall–Kier alpha value is -2.03. The molecular formula is C10H8F2N2O2. The number of pyridine rings is 1. The summed E-state index contributed by atoms with van der Waals surface area (Å²) in [4.78, 5) is 15.0. The maximum absolute atomic E-state index is 12.6. The van der Waals surface area contributed by atoms with Crippen LogP contribution in [0.15, 0.2) is 6.07 Å². The molecule has 16 heavy (non-hydrogen) atoms. The van der Waals surface area contributed by atoms with Crippen LogP contribution in [0.4, 0.5) is 8.78 Å². The van der Waals surface area contributed by atoms with Crippen molar-refractivity contribution in [1.29, 1.82) is 5.26 Å². The molecule has 6 heteroatoms. The van der Waals surface area contributed by atoms with Gasteiger partial charge in [0, 0.05) is 11.3 Å². The van der Waals surface area contributed by atoms with Crippen molar-refractivity contribution in [3.63, 3.8) is 0 Å². The molecule has 0 amide bonds. The van der Waals surface area contributed by atoms with Gasteiger partial charge in [0.1, 0.15) is 6.07 Å². The molecule has 0 radical (unpaired) electrons. The second-order valence-corrected chi connectivity index (χ2v) is 2.98. The highest BCUT2D eigenvalue weighted by atomic mass is 19.3. The van der Waals surface area contributed by atoms with Gasteiger partial charge >= 0.3 is 5.97 Å². The number of aromatic nitrogens is 1. The summed E-state index contributed by atoms with van der Waals surface area (Å²) >= 11 is 0. The van der Waals surface area contributed by atoms with E-state index in [0.717, 1.165) is 13.2 Å². The van der Waals surface area contributed by atoms with Crippen molar-refractivity contribution in [3.8, 4) is 6.07 Å². The van der Waals surface area contributed by atoms with Crippen LogP contribution in [0.1, 0.15) is 33.7 Å². The smallest absolute Gasteiger partial charge is 0.358 e. The van der Waals surface area contributed by atoms with Crippen LogP contribution in [-0.4, -0.2) is 18.1 Å². The van der Waals surface area contributed by atoms with Crippen molar-refractivity contribution in [1.82, 2.24) is 4.98 Å². The van der Waals surface area contributed by atoms with Gasteiger partial charge in [-0.05, 0) is 13.0 Å². The van der Waals surface area contributed by atoms with Gasteiger partial charge in [0.2, 0.25) is 0 Å². The van der Waals surface area contributed by atoms with E-state index in [1.165, 1.54) is 6.92 Å². The zero-order chi connectivity index (χ0) is 12.3. The van der Waals surface area contributed by atoms with Crippen molar-refractivity contribution in [2.75, 3.05) is 7.11 Å². The summed E-state index contributed by atoms with van der Waals surface area (Å²) < 4.78 is 29.6. The van der Waals surface area contributed by atoms with Crippen LogP contribution in [0.3, 0.4) is 0 Å². The number of carbonyl (C=O) groups is 1. The number of esters is 1. The molecule has 84 valence electrons. The first-order valence-electron chi connectivity index (χ1n) is 4.29. The Kier molecular flexibility index (Phi) is 3.51. The third kappa shape index (κ3) is 2.14. The second kappa shape index (κ2) is 4.66. The first-order valence-corrected chi connectivity index (χ1v) is 4.29. The van der Waals surface area contributed by atoms with E-state index in [4.69, 9.17) is 5.26 Å². The van der Waals surface area contributed by atoms with Gasteiger partial charge in [0.05, 0.1) is 12.7 Å². The van der Waals surface area contributed by atoms with E-state index in [1.54, 1.807) is 6.07 Å². The Morgan fingerprint density at radius 2 is 2.25 bits per heavy atom. The van der Waals surface area contributed by atoms with Crippen LogP contribution in [0.25, 0.3) is 0 Å². The number of carbonyl (C=O) groups excluding carboxylic acids is 1. The Balaban J connectivity index is 3.50. The lowest BCUT2D eigenvalue weighted by Crippen LogP contribution is -2.11. The SMILES string of the molecule is COC(=O)c1nc(C)cc(C(F)F)c1C#N. The molecule has 0 saturated heterocycles. The molecule has 0 aromatic carbocycles. The Morgan fingerprint density at radius 1 is 1.62 bits per heavy atom. The molecule has 0 unspecified atom stereocenters. The lowest BCUT2D eigenvalue weighted by molar-refractivity contribution is 0.0592. The maximum atomic E-state index is 12.6. The lowest BCUT2D eigenvalue weighted by Gasteiger charge is -2.07. The third-order valence-corrected chi connectivity index (χ3v) is 1.90. The largest absolute Gasteiger partial charge is 0.464 e. The van der Waals surface area contributed by atoms with E-state index in [0.29, 0.717) is 0 Å². The van der Waals surface area contributed by atoms with Crippen molar-refractivity contribution < 1.29 is 18.3 Å². The highest BCUT2D eigenvalue weighted by Crippen LogP contribution is 2.25. The Bertz CT molecular complexity index is 467. The monoisotopic (exact) mass is 226 g/mol. The van der Waals surface area contributed by atoms with E-state index in [9.17, 15) is 13.6 Å². The highest BCUT2D eigenvalue weighted by Gasteiger charge is 2.22. The van der Waals surface area contributed by atoms with E-state index < -0.39 is 23.5 Å². The van der Waals surface area contributed by atoms with Crippen molar-refractivity contribution >= 4 is 5.97 Å². The summed E-state index contributed by atoms with van der Waals surface area (Å²) in [5.41, 5.74) is -1.09. The number of alkyl halides is 2. The molecule has 0 atom stereocenters. The highest BCUT2D eigenvalue weighted by molar-refractivity contribution is 5.90. The van der Waals surface area contributed by atoms with Gasteiger partial charge in [-0.15, -0.1) is 0 Å². The van der Waals surface area contributed by atoms with Crippen LogP contribution < -0.4 is 0 Å². The van der Waals surface area contributed by atoms with Crippen LogP contribution in [0, 0.1) is 18.3 Å². The van der Waals surface area contributed by atoms with E-state index >= 15 is 0 Å². The second-order valence-electron chi connectivity index (χ2n) is 2.98. The number of rotatable bonds is 2. The van der Waals surface area contributed by atoms with Gasteiger partial charge in [-0.25, -0.2) is 18.6 Å². The fourth-order valence-corrected chi connectivity index (χ4v) is 1.23. The van der Waals surface area contributed by atoms with E-state index in [1.807, 2.05) is 0 Å². The van der Waals surface area contributed by atoms with Crippen molar-refractivity contribution in [3.05, 3.63) is 28.6 Å². The minimum atomic E-state index is -2.83. The van der Waals surface area contributed by atoms with Crippen molar-refractivity contribution in [2.24, 2.45) is 0 Å². The average molecular weight is 226 g/mol. The van der Waals surface area contributed by atoms with Crippen molar-refractivity contribution in [2.45, 2.75) is 13.3 Å². The number of nitriles is 1. The van der Waals surface area contributed by atoms with Gasteiger partial charge in [-0.2, -0.15) is 5.26 Å². The quantitative estimate of drug-likeness (QED) is 0.723. The molecule has 1 aromatic rings. The van der Waals surface area contributed by atoms with E-state index in [-0.39, 0.29) is 11.4 Å². The lowest BCUT2D eigenvalue weighted by atomic mass is 10.1. The van der Waals surface area contributed by atoms with E-state index in [2.05, 4.69) is 9.72 Å². The average Bonchev–Trinajstić information content (AvgIpc) is 2.26. The minimum Gasteiger partial charge on any atom is -0.464 e. The number of aryl methyl sites for hydroxylation is 1.